The molecule has 0 aromatic rings. The Morgan fingerprint density at radius 1 is 1.09 bits per heavy atom. The van der Waals surface area contributed by atoms with Crippen LogP contribution < -0.4 is 5.32 Å². The number of piperidine rings is 1. The maximum absolute atomic E-state index is 11.7. The highest BCUT2D eigenvalue weighted by Gasteiger charge is 2.41. The van der Waals surface area contributed by atoms with Crippen molar-refractivity contribution < 1.29 is 5.11 Å². The zero-order valence-corrected chi connectivity index (χ0v) is 13.9. The Morgan fingerprint density at radius 2 is 1.77 bits per heavy atom. The zero-order chi connectivity index (χ0) is 16.4. The normalized spacial score (nSPS) is 21.2. The van der Waals surface area contributed by atoms with E-state index in [9.17, 15) is 5.11 Å². The first-order valence-electron chi connectivity index (χ1n) is 8.00. The second-order valence-electron chi connectivity index (χ2n) is 5.49. The number of allylic oxidation sites excluding steroid dienone is 6. The SMILES string of the molecule is C=C/C=C\C(=C/C)C(O)(C(/C=C\C)=C/C=C)C1CCNCC1. The molecule has 22 heavy (non-hydrogen) atoms. The molecule has 1 rings (SSSR count). The lowest BCUT2D eigenvalue weighted by molar-refractivity contribution is 0.0423. The van der Waals surface area contributed by atoms with Crippen molar-refractivity contribution >= 4 is 0 Å². The van der Waals surface area contributed by atoms with Gasteiger partial charge in [-0.3, -0.25) is 0 Å². The molecular weight excluding hydrogens is 270 g/mol. The highest BCUT2D eigenvalue weighted by Crippen LogP contribution is 2.39. The van der Waals surface area contributed by atoms with Gasteiger partial charge in [0.05, 0.1) is 0 Å². The van der Waals surface area contributed by atoms with Crippen molar-refractivity contribution in [3.05, 3.63) is 72.9 Å². The molecule has 0 spiro atoms. The molecule has 1 heterocycles. The molecule has 0 bridgehead atoms. The van der Waals surface area contributed by atoms with Gasteiger partial charge in [0.2, 0.25) is 0 Å². The van der Waals surface area contributed by atoms with Crippen LogP contribution >= 0.6 is 0 Å². The first kappa shape index (κ1) is 18.4. The predicted octanol–water partition coefficient (Wildman–Crippen LogP) is 4.09. The van der Waals surface area contributed by atoms with E-state index in [2.05, 4.69) is 18.5 Å². The third kappa shape index (κ3) is 4.19. The quantitative estimate of drug-likeness (QED) is 0.694. The Labute approximate surface area is 135 Å². The van der Waals surface area contributed by atoms with Crippen LogP contribution in [0.15, 0.2) is 72.9 Å². The van der Waals surface area contributed by atoms with Crippen LogP contribution in [-0.4, -0.2) is 23.8 Å². The Morgan fingerprint density at radius 3 is 2.27 bits per heavy atom. The second-order valence-corrected chi connectivity index (χ2v) is 5.49. The third-order valence-electron chi connectivity index (χ3n) is 4.18. The first-order chi connectivity index (χ1) is 10.6. The number of rotatable bonds is 7. The van der Waals surface area contributed by atoms with Gasteiger partial charge in [0, 0.05) is 0 Å². The fourth-order valence-electron chi connectivity index (χ4n) is 3.11. The summed E-state index contributed by atoms with van der Waals surface area (Å²) >= 11 is 0. The first-order valence-corrected chi connectivity index (χ1v) is 8.00. The molecule has 2 heteroatoms. The van der Waals surface area contributed by atoms with E-state index in [1.807, 2.05) is 50.3 Å². The minimum Gasteiger partial charge on any atom is -0.380 e. The highest BCUT2D eigenvalue weighted by molar-refractivity contribution is 5.46. The van der Waals surface area contributed by atoms with Crippen molar-refractivity contribution in [3.8, 4) is 0 Å². The Kier molecular flexibility index (Phi) is 7.86. The van der Waals surface area contributed by atoms with Gasteiger partial charge < -0.3 is 10.4 Å². The summed E-state index contributed by atoms with van der Waals surface area (Å²) in [7, 11) is 0. The smallest absolute Gasteiger partial charge is 0.117 e. The number of nitrogens with one attached hydrogen (secondary N) is 1. The van der Waals surface area contributed by atoms with E-state index in [0.717, 1.165) is 37.1 Å². The molecule has 1 aliphatic heterocycles. The minimum absolute atomic E-state index is 0.178. The minimum atomic E-state index is -1.00. The summed E-state index contributed by atoms with van der Waals surface area (Å²) in [5.41, 5.74) is 0.793. The van der Waals surface area contributed by atoms with Crippen LogP contribution in [0.4, 0.5) is 0 Å². The van der Waals surface area contributed by atoms with E-state index in [-0.39, 0.29) is 5.92 Å². The summed E-state index contributed by atoms with van der Waals surface area (Å²) in [5.74, 6) is 0.178. The molecular formula is C20H29NO. The van der Waals surface area contributed by atoms with Crippen LogP contribution in [0.5, 0.6) is 0 Å². The van der Waals surface area contributed by atoms with Gasteiger partial charge in [0.15, 0.2) is 0 Å². The molecule has 1 atom stereocenters. The van der Waals surface area contributed by atoms with Gasteiger partial charge >= 0.3 is 0 Å². The molecule has 1 saturated heterocycles. The molecule has 1 fully saturated rings. The van der Waals surface area contributed by atoms with Crippen molar-refractivity contribution in [2.75, 3.05) is 13.1 Å². The molecule has 0 aromatic heterocycles. The van der Waals surface area contributed by atoms with Crippen LogP contribution in [0, 0.1) is 5.92 Å². The molecule has 1 aliphatic rings. The van der Waals surface area contributed by atoms with Gasteiger partial charge in [-0.15, -0.1) is 0 Å². The van der Waals surface area contributed by atoms with Gasteiger partial charge in [-0.25, -0.2) is 0 Å². The van der Waals surface area contributed by atoms with Crippen LogP contribution in [0.2, 0.25) is 0 Å². The van der Waals surface area contributed by atoms with Gasteiger partial charge in [-0.05, 0) is 56.8 Å². The molecule has 0 amide bonds. The van der Waals surface area contributed by atoms with E-state index < -0.39 is 5.60 Å². The molecule has 0 aliphatic carbocycles. The van der Waals surface area contributed by atoms with Crippen molar-refractivity contribution in [1.29, 1.82) is 0 Å². The Bertz CT molecular complexity index is 490. The molecule has 0 saturated carbocycles. The predicted molar refractivity (Wildman–Crippen MR) is 96.7 cm³/mol. The maximum atomic E-state index is 11.7. The van der Waals surface area contributed by atoms with Crippen LogP contribution in [-0.2, 0) is 0 Å². The molecule has 2 nitrogen and oxygen atoms in total. The molecule has 2 N–H and O–H groups in total. The number of hydrogen-bond acceptors (Lipinski definition) is 2. The monoisotopic (exact) mass is 299 g/mol. The van der Waals surface area contributed by atoms with Crippen molar-refractivity contribution in [2.24, 2.45) is 5.92 Å². The topological polar surface area (TPSA) is 32.3 Å². The van der Waals surface area contributed by atoms with Crippen LogP contribution in [0.3, 0.4) is 0 Å². The van der Waals surface area contributed by atoms with Gasteiger partial charge in [-0.2, -0.15) is 0 Å². The van der Waals surface area contributed by atoms with E-state index in [4.69, 9.17) is 0 Å². The Balaban J connectivity index is 3.40. The van der Waals surface area contributed by atoms with Crippen molar-refractivity contribution in [2.45, 2.75) is 32.3 Å². The summed E-state index contributed by atoms with van der Waals surface area (Å²) in [6, 6.07) is 0. The average molecular weight is 299 g/mol. The lowest BCUT2D eigenvalue weighted by Crippen LogP contribution is -2.46. The average Bonchev–Trinajstić information content (AvgIpc) is 2.55. The lowest BCUT2D eigenvalue weighted by Gasteiger charge is -2.41. The fourth-order valence-corrected chi connectivity index (χ4v) is 3.11. The Hall–Kier alpha value is -1.64. The van der Waals surface area contributed by atoms with Gasteiger partial charge in [-0.1, -0.05) is 61.8 Å². The number of hydrogen-bond donors (Lipinski definition) is 2. The maximum Gasteiger partial charge on any atom is 0.117 e. The van der Waals surface area contributed by atoms with E-state index in [1.165, 1.54) is 0 Å². The van der Waals surface area contributed by atoms with Gasteiger partial charge in [0.1, 0.15) is 5.60 Å². The fraction of sp³-hybridized carbons (Fsp3) is 0.400. The third-order valence-corrected chi connectivity index (χ3v) is 4.18. The molecule has 0 radical (unpaired) electrons. The van der Waals surface area contributed by atoms with Gasteiger partial charge in [0.25, 0.3) is 0 Å². The largest absolute Gasteiger partial charge is 0.380 e. The lowest BCUT2D eigenvalue weighted by atomic mass is 9.71. The summed E-state index contributed by atoms with van der Waals surface area (Å²) in [5, 5.41) is 15.1. The number of aliphatic hydroxyl groups is 1. The van der Waals surface area contributed by atoms with E-state index >= 15 is 0 Å². The molecule has 1 unspecified atom stereocenters. The summed E-state index contributed by atoms with van der Waals surface area (Å²) in [6.07, 6.45) is 17.0. The summed E-state index contributed by atoms with van der Waals surface area (Å²) in [6.45, 7) is 13.3. The summed E-state index contributed by atoms with van der Waals surface area (Å²) < 4.78 is 0. The van der Waals surface area contributed by atoms with Crippen molar-refractivity contribution in [1.82, 2.24) is 5.32 Å². The molecule has 120 valence electrons. The molecule has 0 aromatic carbocycles. The van der Waals surface area contributed by atoms with Crippen LogP contribution in [0.25, 0.3) is 0 Å². The van der Waals surface area contributed by atoms with Crippen LogP contribution in [0.1, 0.15) is 26.7 Å². The zero-order valence-electron chi connectivity index (χ0n) is 13.9. The standard InChI is InChI=1S/C20H29NO/c1-5-9-12-17(8-4)20(22,18(10-6-2)11-7-3)19-13-15-21-16-14-19/h5-12,19,21-22H,1-2,13-16H2,3-4H3/b11-7-,12-9-,17-8+,18-10+. The second kappa shape index (κ2) is 9.39. The summed E-state index contributed by atoms with van der Waals surface area (Å²) in [4.78, 5) is 0. The van der Waals surface area contributed by atoms with E-state index in [1.54, 1.807) is 12.2 Å². The highest BCUT2D eigenvalue weighted by atomic mass is 16.3. The van der Waals surface area contributed by atoms with E-state index in [0.29, 0.717) is 0 Å². The van der Waals surface area contributed by atoms with Crippen molar-refractivity contribution in [3.63, 3.8) is 0 Å².